The lowest BCUT2D eigenvalue weighted by Crippen LogP contribution is -2.21. The predicted molar refractivity (Wildman–Crippen MR) is 110 cm³/mol. The molecule has 0 aliphatic carbocycles. The maximum atomic E-state index is 12.2. The molecule has 3 aromatic carbocycles. The predicted octanol–water partition coefficient (Wildman–Crippen LogP) is 4.55. The number of carbonyl (C=O) groups is 1. The number of nitro groups is 1. The SMILES string of the molecule is COc1cc2c(cc1NCC(=O)Nc1ccc([N+](=O)[O-])cc1)oc1ccccc12. The largest absolute Gasteiger partial charge is 0.495 e. The van der Waals surface area contributed by atoms with Crippen LogP contribution in [0.1, 0.15) is 0 Å². The fourth-order valence-corrected chi connectivity index (χ4v) is 3.11. The van der Waals surface area contributed by atoms with Gasteiger partial charge < -0.3 is 19.8 Å². The Hall–Kier alpha value is -4.07. The third-order valence-electron chi connectivity index (χ3n) is 4.50. The van der Waals surface area contributed by atoms with Crippen molar-refractivity contribution in [3.8, 4) is 5.75 Å². The second-order valence-corrected chi connectivity index (χ2v) is 6.35. The van der Waals surface area contributed by atoms with Crippen LogP contribution < -0.4 is 15.4 Å². The van der Waals surface area contributed by atoms with E-state index >= 15 is 0 Å². The Morgan fingerprint density at radius 1 is 1.07 bits per heavy atom. The number of methoxy groups -OCH3 is 1. The molecule has 0 saturated carbocycles. The van der Waals surface area contributed by atoms with Crippen LogP contribution in [0.5, 0.6) is 5.75 Å². The average Bonchev–Trinajstić information content (AvgIpc) is 3.09. The third-order valence-corrected chi connectivity index (χ3v) is 4.50. The van der Waals surface area contributed by atoms with E-state index in [0.717, 1.165) is 16.4 Å². The number of nitrogens with zero attached hydrogens (tertiary/aromatic N) is 1. The number of fused-ring (bicyclic) bond motifs is 3. The van der Waals surface area contributed by atoms with Crippen LogP contribution in [0.4, 0.5) is 17.1 Å². The summed E-state index contributed by atoms with van der Waals surface area (Å²) < 4.78 is 11.3. The molecule has 0 atom stereocenters. The number of ether oxygens (including phenoxy) is 1. The lowest BCUT2D eigenvalue weighted by Gasteiger charge is -2.11. The number of anilines is 2. The van der Waals surface area contributed by atoms with Gasteiger partial charge in [0.25, 0.3) is 5.69 Å². The monoisotopic (exact) mass is 391 g/mol. The number of furan rings is 1. The van der Waals surface area contributed by atoms with Gasteiger partial charge in [-0.25, -0.2) is 0 Å². The highest BCUT2D eigenvalue weighted by Crippen LogP contribution is 2.36. The zero-order valence-electron chi connectivity index (χ0n) is 15.5. The van der Waals surface area contributed by atoms with Gasteiger partial charge in [0.05, 0.1) is 24.3 Å². The average molecular weight is 391 g/mol. The van der Waals surface area contributed by atoms with E-state index in [4.69, 9.17) is 9.15 Å². The van der Waals surface area contributed by atoms with Crippen molar-refractivity contribution in [2.45, 2.75) is 0 Å². The van der Waals surface area contributed by atoms with E-state index in [1.165, 1.54) is 24.3 Å². The summed E-state index contributed by atoms with van der Waals surface area (Å²) in [7, 11) is 1.56. The molecule has 29 heavy (non-hydrogen) atoms. The summed E-state index contributed by atoms with van der Waals surface area (Å²) in [6, 6.07) is 17.0. The lowest BCUT2D eigenvalue weighted by molar-refractivity contribution is -0.384. The molecule has 8 nitrogen and oxygen atoms in total. The van der Waals surface area contributed by atoms with Crippen molar-refractivity contribution >= 4 is 44.9 Å². The number of non-ortho nitro benzene ring substituents is 1. The molecule has 8 heteroatoms. The Morgan fingerprint density at radius 2 is 1.83 bits per heavy atom. The van der Waals surface area contributed by atoms with Crippen molar-refractivity contribution in [3.63, 3.8) is 0 Å². The fourth-order valence-electron chi connectivity index (χ4n) is 3.11. The fraction of sp³-hybridized carbons (Fsp3) is 0.0952. The van der Waals surface area contributed by atoms with E-state index in [1.54, 1.807) is 13.2 Å². The van der Waals surface area contributed by atoms with Gasteiger partial charge in [0.2, 0.25) is 5.91 Å². The van der Waals surface area contributed by atoms with Crippen molar-refractivity contribution in [1.82, 2.24) is 0 Å². The molecule has 0 spiro atoms. The van der Waals surface area contributed by atoms with Gasteiger partial charge in [-0.15, -0.1) is 0 Å². The molecule has 0 unspecified atom stereocenters. The van der Waals surface area contributed by atoms with Crippen LogP contribution in [0.2, 0.25) is 0 Å². The molecule has 2 N–H and O–H groups in total. The Bertz CT molecular complexity index is 1210. The molecular weight excluding hydrogens is 374 g/mol. The van der Waals surface area contributed by atoms with Crippen molar-refractivity contribution < 1.29 is 18.9 Å². The first kappa shape index (κ1) is 18.3. The molecule has 0 fully saturated rings. The second kappa shape index (κ2) is 7.51. The van der Waals surface area contributed by atoms with E-state index in [1.807, 2.05) is 30.3 Å². The molecule has 146 valence electrons. The van der Waals surface area contributed by atoms with E-state index < -0.39 is 4.92 Å². The Balaban J connectivity index is 1.50. The molecule has 0 bridgehead atoms. The minimum atomic E-state index is -0.492. The zero-order valence-corrected chi connectivity index (χ0v) is 15.5. The van der Waals surface area contributed by atoms with E-state index in [9.17, 15) is 14.9 Å². The van der Waals surface area contributed by atoms with Crippen LogP contribution in [0, 0.1) is 10.1 Å². The van der Waals surface area contributed by atoms with Gasteiger partial charge in [-0.3, -0.25) is 14.9 Å². The molecule has 0 radical (unpaired) electrons. The molecule has 0 saturated heterocycles. The van der Waals surface area contributed by atoms with Crippen molar-refractivity contribution in [3.05, 3.63) is 70.8 Å². The Kier molecular flexibility index (Phi) is 4.74. The number of rotatable bonds is 6. The maximum Gasteiger partial charge on any atom is 0.269 e. The first-order valence-electron chi connectivity index (χ1n) is 8.82. The number of carbonyl (C=O) groups excluding carboxylic acids is 1. The summed E-state index contributed by atoms with van der Waals surface area (Å²) >= 11 is 0. The third kappa shape index (κ3) is 3.68. The molecule has 0 aliphatic heterocycles. The normalized spacial score (nSPS) is 10.8. The van der Waals surface area contributed by atoms with Gasteiger partial charge in [0.1, 0.15) is 16.9 Å². The number of nitrogens with one attached hydrogen (secondary N) is 2. The zero-order chi connectivity index (χ0) is 20.4. The van der Waals surface area contributed by atoms with Crippen LogP contribution in [0.3, 0.4) is 0 Å². The summed E-state index contributed by atoms with van der Waals surface area (Å²) in [6.07, 6.45) is 0. The van der Waals surface area contributed by atoms with Crippen LogP contribution >= 0.6 is 0 Å². The lowest BCUT2D eigenvalue weighted by atomic mass is 10.1. The summed E-state index contributed by atoms with van der Waals surface area (Å²) in [5.41, 5.74) is 2.52. The quantitative estimate of drug-likeness (QED) is 0.369. The highest BCUT2D eigenvalue weighted by atomic mass is 16.6. The highest BCUT2D eigenvalue weighted by Gasteiger charge is 2.13. The smallest absolute Gasteiger partial charge is 0.269 e. The molecule has 4 rings (SSSR count). The van der Waals surface area contributed by atoms with Crippen LogP contribution in [0.25, 0.3) is 21.9 Å². The summed E-state index contributed by atoms with van der Waals surface area (Å²) in [5, 5.41) is 18.3. The molecular formula is C21H17N3O5. The van der Waals surface area contributed by atoms with E-state index in [0.29, 0.717) is 22.7 Å². The van der Waals surface area contributed by atoms with Gasteiger partial charge in [-0.1, -0.05) is 18.2 Å². The summed E-state index contributed by atoms with van der Waals surface area (Å²) in [6.45, 7) is -0.0148. The summed E-state index contributed by atoms with van der Waals surface area (Å²) in [4.78, 5) is 22.4. The molecule has 1 heterocycles. The topological polar surface area (TPSA) is 107 Å². The molecule has 0 aliphatic rings. The van der Waals surface area contributed by atoms with Crippen LogP contribution in [0.15, 0.2) is 65.1 Å². The highest BCUT2D eigenvalue weighted by molar-refractivity contribution is 6.06. The minimum Gasteiger partial charge on any atom is -0.495 e. The molecule has 4 aromatic rings. The number of amides is 1. The first-order chi connectivity index (χ1) is 14.0. The second-order valence-electron chi connectivity index (χ2n) is 6.35. The number of hydrogen-bond donors (Lipinski definition) is 2. The Morgan fingerprint density at radius 3 is 2.55 bits per heavy atom. The van der Waals surface area contributed by atoms with Gasteiger partial charge in [0, 0.05) is 34.7 Å². The van der Waals surface area contributed by atoms with Crippen molar-refractivity contribution in [2.75, 3.05) is 24.3 Å². The molecule has 1 amide bonds. The van der Waals surface area contributed by atoms with Crippen molar-refractivity contribution in [2.24, 2.45) is 0 Å². The van der Waals surface area contributed by atoms with Gasteiger partial charge in [0.15, 0.2) is 0 Å². The molecule has 1 aromatic heterocycles. The minimum absolute atomic E-state index is 0.0148. The van der Waals surface area contributed by atoms with Gasteiger partial charge >= 0.3 is 0 Å². The number of para-hydroxylation sites is 1. The van der Waals surface area contributed by atoms with Crippen molar-refractivity contribution in [1.29, 1.82) is 0 Å². The van der Waals surface area contributed by atoms with E-state index in [-0.39, 0.29) is 18.1 Å². The van der Waals surface area contributed by atoms with E-state index in [2.05, 4.69) is 10.6 Å². The number of benzene rings is 3. The van der Waals surface area contributed by atoms with Crippen LogP contribution in [-0.4, -0.2) is 24.5 Å². The van der Waals surface area contributed by atoms with Gasteiger partial charge in [-0.05, 0) is 24.3 Å². The van der Waals surface area contributed by atoms with Crippen LogP contribution in [-0.2, 0) is 4.79 Å². The Labute approximate surface area is 165 Å². The number of nitro benzene ring substituents is 1. The standard InChI is InChI=1S/C21H17N3O5/c1-28-20-10-16-15-4-2-3-5-18(15)29-19(16)11-17(20)22-12-21(25)23-13-6-8-14(9-7-13)24(26)27/h2-11,22H,12H2,1H3,(H,23,25). The first-order valence-corrected chi connectivity index (χ1v) is 8.82. The van der Waals surface area contributed by atoms with Gasteiger partial charge in [-0.2, -0.15) is 0 Å². The summed E-state index contributed by atoms with van der Waals surface area (Å²) in [5.74, 6) is 0.290. The number of hydrogen-bond acceptors (Lipinski definition) is 6. The maximum absolute atomic E-state index is 12.2.